The van der Waals surface area contributed by atoms with E-state index in [4.69, 9.17) is 17.2 Å². The zero-order valence-electron chi connectivity index (χ0n) is 23.3. The van der Waals surface area contributed by atoms with Crippen molar-refractivity contribution < 1.29 is 45.8 Å². The summed E-state index contributed by atoms with van der Waals surface area (Å²) in [6.45, 7) is 0.536. The van der Waals surface area contributed by atoms with Crippen LogP contribution in [0.25, 0.3) is 0 Å². The van der Waals surface area contributed by atoms with Gasteiger partial charge in [0.1, 0.15) is 0 Å². The van der Waals surface area contributed by atoms with Crippen molar-refractivity contribution in [2.75, 3.05) is 26.2 Å². The van der Waals surface area contributed by atoms with E-state index in [9.17, 15) is 45.8 Å². The lowest BCUT2D eigenvalue weighted by Gasteiger charge is -2.24. The van der Waals surface area contributed by atoms with E-state index < -0.39 is 72.9 Å². The molecular weight excluding hydrogens is 583 g/mol. The zero-order valence-corrected chi connectivity index (χ0v) is 23.3. The predicted octanol–water partition coefficient (Wildman–Crippen LogP) is 0.847. The second-order valence-electron chi connectivity index (χ2n) is 10.0. The molecule has 2 aromatic carbocycles. The van der Waals surface area contributed by atoms with Crippen LogP contribution in [0.4, 0.5) is 26.3 Å². The molecule has 2 aromatic rings. The van der Waals surface area contributed by atoms with Gasteiger partial charge in [0.2, 0.25) is 11.8 Å². The Morgan fingerprint density at radius 3 is 1.95 bits per heavy atom. The molecule has 16 heteroatoms. The Bertz CT molecular complexity index is 1250. The Labute approximate surface area is 244 Å². The summed E-state index contributed by atoms with van der Waals surface area (Å²) in [5.41, 5.74) is 14.9. The quantitative estimate of drug-likeness (QED) is 0.155. The van der Waals surface area contributed by atoms with Crippen LogP contribution in [0.15, 0.2) is 42.5 Å². The molecule has 0 saturated heterocycles. The molecule has 8 N–H and O–H groups in total. The maximum absolute atomic E-state index is 13.5. The molecule has 0 saturated carbocycles. The van der Waals surface area contributed by atoms with Crippen LogP contribution in [0.2, 0.25) is 6.82 Å². The summed E-state index contributed by atoms with van der Waals surface area (Å²) in [5, 5.41) is 12.3. The highest BCUT2D eigenvalue weighted by molar-refractivity contribution is 6.64. The molecular formula is C27H34BF6N5O4. The van der Waals surface area contributed by atoms with E-state index in [0.29, 0.717) is 0 Å². The number of halogens is 6. The highest BCUT2D eigenvalue weighted by atomic mass is 19.4. The maximum atomic E-state index is 13.5. The highest BCUT2D eigenvalue weighted by Crippen LogP contribution is 2.30. The number of Topliss-reactive ketones (excluding diaryl/α,β-unsaturated/α-hetero) is 1. The van der Waals surface area contributed by atoms with Gasteiger partial charge in [-0.15, -0.1) is 0 Å². The Balaban J connectivity index is 2.34. The number of nitrogens with zero attached hydrogens (tertiary/aromatic N) is 1. The molecule has 0 aliphatic rings. The van der Waals surface area contributed by atoms with Crippen LogP contribution in [0.1, 0.15) is 28.7 Å². The smallest absolute Gasteiger partial charge is 0.416 e. The summed E-state index contributed by atoms with van der Waals surface area (Å²) in [5.74, 6) is -2.25. The highest BCUT2D eigenvalue weighted by Gasteiger charge is 2.33. The fraction of sp³-hybridized carbons (Fsp3) is 0.444. The molecule has 0 spiro atoms. The molecule has 0 aliphatic heterocycles. The van der Waals surface area contributed by atoms with Crippen molar-refractivity contribution in [2.24, 2.45) is 17.2 Å². The summed E-state index contributed by atoms with van der Waals surface area (Å²) in [4.78, 5) is 40.2. The van der Waals surface area contributed by atoms with Crippen LogP contribution >= 0.6 is 0 Å². The van der Waals surface area contributed by atoms with Gasteiger partial charge in [0.15, 0.2) is 5.78 Å². The minimum absolute atomic E-state index is 0.0963. The normalized spacial score (nSPS) is 13.3. The van der Waals surface area contributed by atoms with E-state index >= 15 is 0 Å². The van der Waals surface area contributed by atoms with Crippen molar-refractivity contribution in [1.82, 2.24) is 10.2 Å². The molecule has 0 aliphatic carbocycles. The van der Waals surface area contributed by atoms with Crippen LogP contribution < -0.4 is 28.0 Å². The van der Waals surface area contributed by atoms with Crippen LogP contribution in [-0.2, 0) is 39.6 Å². The first kappa shape index (κ1) is 35.7. The number of carbonyl (C=O) groups excluding carboxylic acids is 3. The molecule has 0 radical (unpaired) electrons. The SMILES string of the molecule is CB(O)c1cc(CC(=O)[C@H](Cc2ccc(C(F)(F)F)cc2)NC(=O)[C@@H](N)CC(=O)N(CCN)CCN)cc(C(F)(F)F)c1. The van der Waals surface area contributed by atoms with E-state index in [-0.39, 0.29) is 49.2 Å². The number of rotatable bonds is 14. The minimum atomic E-state index is -4.78. The van der Waals surface area contributed by atoms with Gasteiger partial charge in [-0.3, -0.25) is 14.4 Å². The van der Waals surface area contributed by atoms with E-state index in [1.165, 1.54) is 17.8 Å². The monoisotopic (exact) mass is 617 g/mol. The lowest BCUT2D eigenvalue weighted by Crippen LogP contribution is -2.51. The van der Waals surface area contributed by atoms with Crippen molar-refractivity contribution in [3.63, 3.8) is 0 Å². The summed E-state index contributed by atoms with van der Waals surface area (Å²) in [6, 6.07) is 3.59. The largest absolute Gasteiger partial charge is 0.447 e. The molecule has 0 heterocycles. The summed E-state index contributed by atoms with van der Waals surface area (Å²) in [6.07, 6.45) is -10.8. The Morgan fingerprint density at radius 1 is 0.907 bits per heavy atom. The number of nitrogens with two attached hydrogens (primary N) is 3. The maximum Gasteiger partial charge on any atom is 0.416 e. The number of ketones is 1. The van der Waals surface area contributed by atoms with E-state index in [1.54, 1.807) is 0 Å². The number of hydrogen-bond acceptors (Lipinski definition) is 7. The zero-order chi connectivity index (χ0) is 32.5. The van der Waals surface area contributed by atoms with Gasteiger partial charge in [-0.05, 0) is 41.2 Å². The van der Waals surface area contributed by atoms with E-state index in [0.717, 1.165) is 36.4 Å². The van der Waals surface area contributed by atoms with Gasteiger partial charge < -0.3 is 32.4 Å². The Kier molecular flexibility index (Phi) is 12.7. The first-order chi connectivity index (χ1) is 20.0. The average Bonchev–Trinajstić information content (AvgIpc) is 2.91. The Hall–Kier alpha value is -3.47. The van der Waals surface area contributed by atoms with Gasteiger partial charge >= 0.3 is 19.3 Å². The molecule has 2 atom stereocenters. The van der Waals surface area contributed by atoms with Crippen molar-refractivity contribution in [2.45, 2.75) is 50.5 Å². The molecule has 2 amide bonds. The second-order valence-corrected chi connectivity index (χ2v) is 10.0. The lowest BCUT2D eigenvalue weighted by atomic mass is 9.63. The molecule has 0 aromatic heterocycles. The van der Waals surface area contributed by atoms with Crippen LogP contribution in [0.3, 0.4) is 0 Å². The predicted molar refractivity (Wildman–Crippen MR) is 148 cm³/mol. The molecule has 0 unspecified atom stereocenters. The number of benzene rings is 2. The third-order valence-electron chi connectivity index (χ3n) is 6.51. The standard InChI is InChI=1S/C27H34BF6N5O4/c1-28(43)20-11-17(10-19(14-20)27(32,33)34)13-23(40)22(12-16-2-4-18(5-3-16)26(29,30)31)38-25(42)21(37)15-24(41)39(8-6-35)9-7-36/h2-5,10-11,14,21-22,43H,6-9,12-13,15,35-37H2,1H3,(H,38,42)/t21-,22-/m0/s1. The number of amides is 2. The number of carbonyl (C=O) groups is 3. The van der Waals surface area contributed by atoms with Gasteiger partial charge in [-0.25, -0.2) is 0 Å². The van der Waals surface area contributed by atoms with Crippen LogP contribution in [0, 0.1) is 0 Å². The summed E-state index contributed by atoms with van der Waals surface area (Å²) in [7, 11) is 0. The van der Waals surface area contributed by atoms with E-state index in [2.05, 4.69) is 5.32 Å². The third-order valence-corrected chi connectivity index (χ3v) is 6.51. The average molecular weight is 617 g/mol. The van der Waals surface area contributed by atoms with Crippen molar-refractivity contribution >= 4 is 30.0 Å². The van der Waals surface area contributed by atoms with E-state index in [1.807, 2.05) is 0 Å². The summed E-state index contributed by atoms with van der Waals surface area (Å²) >= 11 is 0. The van der Waals surface area contributed by atoms with Crippen LogP contribution in [0.5, 0.6) is 0 Å². The fourth-order valence-corrected chi connectivity index (χ4v) is 4.22. The lowest BCUT2D eigenvalue weighted by molar-refractivity contribution is -0.138. The molecule has 9 nitrogen and oxygen atoms in total. The summed E-state index contributed by atoms with van der Waals surface area (Å²) < 4.78 is 79.4. The topological polar surface area (TPSA) is 165 Å². The number of alkyl halides is 6. The Morgan fingerprint density at radius 2 is 1.47 bits per heavy atom. The number of nitrogens with one attached hydrogen (secondary N) is 1. The van der Waals surface area contributed by atoms with Gasteiger partial charge in [-0.2, -0.15) is 26.3 Å². The van der Waals surface area contributed by atoms with Gasteiger partial charge in [0.25, 0.3) is 0 Å². The molecule has 2 rings (SSSR count). The number of hydrogen-bond donors (Lipinski definition) is 5. The molecule has 0 fully saturated rings. The molecule has 0 bridgehead atoms. The fourth-order valence-electron chi connectivity index (χ4n) is 4.22. The van der Waals surface area contributed by atoms with Crippen molar-refractivity contribution in [1.29, 1.82) is 0 Å². The van der Waals surface area contributed by atoms with Crippen molar-refractivity contribution in [3.8, 4) is 0 Å². The first-order valence-corrected chi connectivity index (χ1v) is 13.3. The van der Waals surface area contributed by atoms with Crippen molar-refractivity contribution in [3.05, 3.63) is 64.7 Å². The minimum Gasteiger partial charge on any atom is -0.447 e. The third kappa shape index (κ3) is 11.0. The molecule has 236 valence electrons. The molecule has 43 heavy (non-hydrogen) atoms. The van der Waals surface area contributed by atoms with Crippen LogP contribution in [-0.4, -0.2) is 72.7 Å². The van der Waals surface area contributed by atoms with Gasteiger partial charge in [0.05, 0.1) is 29.6 Å². The van der Waals surface area contributed by atoms with Gasteiger partial charge in [0, 0.05) is 32.6 Å². The van der Waals surface area contributed by atoms with Gasteiger partial charge in [-0.1, -0.05) is 31.1 Å². The second kappa shape index (κ2) is 15.3. The first-order valence-electron chi connectivity index (χ1n) is 13.3.